The molecule has 0 saturated heterocycles. The third-order valence-electron chi connectivity index (χ3n) is 2.54. The quantitative estimate of drug-likeness (QED) is 0.837. The van der Waals surface area contributed by atoms with Crippen LogP contribution in [-0.4, -0.2) is 20.6 Å². The number of rotatable bonds is 1. The molecule has 1 N–H and O–H groups in total. The van der Waals surface area contributed by atoms with E-state index in [0.29, 0.717) is 11.0 Å². The van der Waals surface area contributed by atoms with E-state index in [1.165, 1.54) is 10.6 Å². The summed E-state index contributed by atoms with van der Waals surface area (Å²) in [7, 11) is 1.55. The minimum atomic E-state index is -1.23. The normalized spacial score (nSPS) is 9.78. The molecule has 5 heteroatoms. The fraction of sp³-hybridized carbons (Fsp3) is 0.308. The molecule has 0 amide bonds. The van der Waals surface area contributed by atoms with Crippen LogP contribution in [0.3, 0.4) is 0 Å². The number of hydrogen-bond acceptors (Lipinski definition) is 3. The van der Waals surface area contributed by atoms with Crippen LogP contribution in [0.25, 0.3) is 11.0 Å². The fourth-order valence-electron chi connectivity index (χ4n) is 1.75. The first-order chi connectivity index (χ1) is 8.52. The Balaban J connectivity index is 0.000000771. The molecule has 0 fully saturated rings. The number of aromatic carboxylic acids is 1. The van der Waals surface area contributed by atoms with E-state index in [9.17, 15) is 9.59 Å². The van der Waals surface area contributed by atoms with Gasteiger partial charge in [-0.05, 0) is 24.6 Å². The van der Waals surface area contributed by atoms with Crippen molar-refractivity contribution in [2.75, 3.05) is 0 Å². The first-order valence-corrected chi connectivity index (χ1v) is 5.71. The summed E-state index contributed by atoms with van der Waals surface area (Å²) in [4.78, 5) is 26.7. The van der Waals surface area contributed by atoms with Crippen LogP contribution in [0, 0.1) is 6.92 Å². The van der Waals surface area contributed by atoms with Gasteiger partial charge in [-0.3, -0.25) is 9.78 Å². The maximum atomic E-state index is 11.7. The maximum Gasteiger partial charge on any atom is 0.341 e. The van der Waals surface area contributed by atoms with E-state index in [4.69, 9.17) is 5.11 Å². The highest BCUT2D eigenvalue weighted by Crippen LogP contribution is 2.14. The van der Waals surface area contributed by atoms with Crippen molar-refractivity contribution in [3.05, 3.63) is 39.8 Å². The molecule has 0 spiro atoms. The Bertz CT molecular complexity index is 644. The first-order valence-electron chi connectivity index (χ1n) is 5.71. The molecule has 2 rings (SSSR count). The Labute approximate surface area is 105 Å². The van der Waals surface area contributed by atoms with Crippen molar-refractivity contribution in [2.45, 2.75) is 20.8 Å². The second-order valence-corrected chi connectivity index (χ2v) is 3.59. The van der Waals surface area contributed by atoms with Crippen LogP contribution in [0.2, 0.25) is 0 Å². The molecule has 0 bridgehead atoms. The van der Waals surface area contributed by atoms with Crippen LogP contribution in [0.15, 0.2) is 23.1 Å². The average molecular weight is 248 g/mol. The summed E-state index contributed by atoms with van der Waals surface area (Å²) >= 11 is 0. The number of aromatic nitrogens is 2. The Hall–Kier alpha value is -2.17. The van der Waals surface area contributed by atoms with Gasteiger partial charge in [0.1, 0.15) is 5.56 Å². The number of carbonyl (C=O) groups is 1. The molecule has 0 aliphatic carbocycles. The summed E-state index contributed by atoms with van der Waals surface area (Å²) < 4.78 is 1.32. The third kappa shape index (κ3) is 2.25. The molecule has 0 aromatic carbocycles. The second-order valence-electron chi connectivity index (χ2n) is 3.59. The molecule has 2 aromatic rings. The van der Waals surface area contributed by atoms with E-state index < -0.39 is 11.5 Å². The zero-order valence-electron chi connectivity index (χ0n) is 10.9. The lowest BCUT2D eigenvalue weighted by Gasteiger charge is -2.07. The zero-order valence-corrected chi connectivity index (χ0v) is 10.9. The highest BCUT2D eigenvalue weighted by atomic mass is 16.4. The summed E-state index contributed by atoms with van der Waals surface area (Å²) in [5.74, 6) is -1.23. The van der Waals surface area contributed by atoms with Crippen molar-refractivity contribution in [3.63, 3.8) is 0 Å². The lowest BCUT2D eigenvalue weighted by atomic mass is 10.1. The van der Waals surface area contributed by atoms with E-state index in [0.717, 1.165) is 5.56 Å². The number of pyridine rings is 2. The lowest BCUT2D eigenvalue weighted by molar-refractivity contribution is 0.0694. The van der Waals surface area contributed by atoms with Crippen molar-refractivity contribution in [1.29, 1.82) is 0 Å². The van der Waals surface area contributed by atoms with Gasteiger partial charge in [0.25, 0.3) is 5.56 Å². The lowest BCUT2D eigenvalue weighted by Crippen LogP contribution is -2.24. The van der Waals surface area contributed by atoms with Gasteiger partial charge < -0.3 is 9.67 Å². The molecule has 0 atom stereocenters. The van der Waals surface area contributed by atoms with Crippen molar-refractivity contribution >= 4 is 17.0 Å². The molecule has 18 heavy (non-hydrogen) atoms. The van der Waals surface area contributed by atoms with Gasteiger partial charge in [0.05, 0.1) is 11.0 Å². The van der Waals surface area contributed by atoms with Crippen molar-refractivity contribution in [2.24, 2.45) is 7.05 Å². The number of nitrogens with zero attached hydrogens (tertiary/aromatic N) is 2. The molecule has 0 saturated carbocycles. The molecule has 0 aliphatic heterocycles. The summed E-state index contributed by atoms with van der Waals surface area (Å²) in [6, 6.07) is 3.09. The highest BCUT2D eigenvalue weighted by molar-refractivity contribution is 5.92. The van der Waals surface area contributed by atoms with Crippen LogP contribution in [0.5, 0.6) is 0 Å². The van der Waals surface area contributed by atoms with Gasteiger partial charge >= 0.3 is 5.97 Å². The van der Waals surface area contributed by atoms with E-state index in [1.807, 2.05) is 20.8 Å². The second kappa shape index (κ2) is 5.44. The Morgan fingerprint density at radius 2 is 2.00 bits per heavy atom. The zero-order chi connectivity index (χ0) is 13.9. The Morgan fingerprint density at radius 1 is 1.39 bits per heavy atom. The third-order valence-corrected chi connectivity index (χ3v) is 2.54. The highest BCUT2D eigenvalue weighted by Gasteiger charge is 2.14. The Kier molecular flexibility index (Phi) is 4.20. The number of carboxylic acids is 1. The monoisotopic (exact) mass is 248 g/mol. The van der Waals surface area contributed by atoms with E-state index in [1.54, 1.807) is 19.3 Å². The standard InChI is InChI=1S/C11H10N2O3.C2H6/c1-6-3-4-12-8-5-7(11(15)16)10(14)13(2)9(6)8;1-2/h3-5H,1-2H3,(H,15,16);1-2H3. The summed E-state index contributed by atoms with van der Waals surface area (Å²) in [6.07, 6.45) is 1.59. The van der Waals surface area contributed by atoms with Gasteiger partial charge in [-0.25, -0.2) is 4.79 Å². The van der Waals surface area contributed by atoms with Gasteiger partial charge in [-0.2, -0.15) is 0 Å². The molecule has 2 heterocycles. The maximum absolute atomic E-state index is 11.7. The SMILES string of the molecule is CC.Cc1ccnc2cc(C(=O)O)c(=O)n(C)c12. The summed E-state index contributed by atoms with van der Waals surface area (Å²) in [5, 5.41) is 8.88. The molecule has 0 radical (unpaired) electrons. The van der Waals surface area contributed by atoms with Gasteiger partial charge in [-0.15, -0.1) is 0 Å². The number of fused-ring (bicyclic) bond motifs is 1. The molecule has 0 unspecified atom stereocenters. The van der Waals surface area contributed by atoms with E-state index >= 15 is 0 Å². The number of carboxylic acid groups (broad SMARTS) is 1. The van der Waals surface area contributed by atoms with Crippen LogP contribution in [0.1, 0.15) is 29.8 Å². The molecule has 2 aromatic heterocycles. The minimum absolute atomic E-state index is 0.256. The minimum Gasteiger partial charge on any atom is -0.477 e. The summed E-state index contributed by atoms with van der Waals surface area (Å²) in [5.41, 5.74) is 1.29. The molecule has 0 aliphatic rings. The number of aryl methyl sites for hydroxylation is 2. The van der Waals surface area contributed by atoms with Crippen molar-refractivity contribution < 1.29 is 9.90 Å². The molecular formula is C13H16N2O3. The largest absolute Gasteiger partial charge is 0.477 e. The smallest absolute Gasteiger partial charge is 0.341 e. The van der Waals surface area contributed by atoms with Gasteiger partial charge in [0.15, 0.2) is 0 Å². The van der Waals surface area contributed by atoms with Crippen LogP contribution in [-0.2, 0) is 7.05 Å². The molecule has 5 nitrogen and oxygen atoms in total. The van der Waals surface area contributed by atoms with Crippen LogP contribution < -0.4 is 5.56 Å². The predicted octanol–water partition coefficient (Wildman–Crippen LogP) is 1.97. The van der Waals surface area contributed by atoms with E-state index in [2.05, 4.69) is 4.98 Å². The first kappa shape index (κ1) is 13.9. The van der Waals surface area contributed by atoms with Crippen molar-refractivity contribution in [3.8, 4) is 0 Å². The molecule has 96 valence electrons. The summed E-state index contributed by atoms with van der Waals surface area (Å²) in [6.45, 7) is 5.85. The van der Waals surface area contributed by atoms with Gasteiger partial charge in [-0.1, -0.05) is 13.8 Å². The van der Waals surface area contributed by atoms with E-state index in [-0.39, 0.29) is 5.56 Å². The van der Waals surface area contributed by atoms with Gasteiger partial charge in [0.2, 0.25) is 0 Å². The molecular weight excluding hydrogens is 232 g/mol. The number of hydrogen-bond donors (Lipinski definition) is 1. The average Bonchev–Trinajstić information content (AvgIpc) is 2.35. The van der Waals surface area contributed by atoms with Gasteiger partial charge in [0, 0.05) is 13.2 Å². The van der Waals surface area contributed by atoms with Crippen LogP contribution >= 0.6 is 0 Å². The predicted molar refractivity (Wildman–Crippen MR) is 70.0 cm³/mol. The Morgan fingerprint density at radius 3 is 2.56 bits per heavy atom. The fourth-order valence-corrected chi connectivity index (χ4v) is 1.75. The van der Waals surface area contributed by atoms with Crippen molar-refractivity contribution in [1.82, 2.24) is 9.55 Å². The van der Waals surface area contributed by atoms with Crippen LogP contribution in [0.4, 0.5) is 0 Å². The topological polar surface area (TPSA) is 72.2 Å².